The normalized spacial score (nSPS) is 10.0. The number of aryl methyl sites for hydroxylation is 2. The van der Waals surface area contributed by atoms with Crippen LogP contribution in [0, 0.1) is 19.7 Å². The van der Waals surface area contributed by atoms with E-state index in [0.29, 0.717) is 0 Å². The van der Waals surface area contributed by atoms with Crippen LogP contribution in [0.2, 0.25) is 0 Å². The van der Waals surface area contributed by atoms with Crippen LogP contribution in [-0.2, 0) is 11.9 Å². The summed E-state index contributed by atoms with van der Waals surface area (Å²) in [5.41, 5.74) is 3.31. The number of pyridine rings is 1. The number of carbonyl (C=O) groups excluding carboxylic acids is 1. The minimum Gasteiger partial charge on any atom is -0.394 e. The summed E-state index contributed by atoms with van der Waals surface area (Å²) in [6, 6.07) is 4.60. The molecular formula is C19H26FN3O4. The largest absolute Gasteiger partial charge is 0.394 e. The third-order valence-corrected chi connectivity index (χ3v) is 3.60. The average Bonchev–Trinajstić information content (AvgIpc) is 2.65. The van der Waals surface area contributed by atoms with Crippen LogP contribution in [0.4, 0.5) is 15.8 Å². The summed E-state index contributed by atoms with van der Waals surface area (Å²) < 4.78 is 15.4. The van der Waals surface area contributed by atoms with Crippen LogP contribution in [0.3, 0.4) is 0 Å². The first-order chi connectivity index (χ1) is 12.8. The summed E-state index contributed by atoms with van der Waals surface area (Å²) in [6.45, 7) is 6.97. The Morgan fingerprint density at radius 2 is 1.96 bits per heavy atom. The number of carbonyl (C=O) groups is 1. The Hall–Kier alpha value is -2.71. The Balaban J connectivity index is 0.00000176. The molecule has 2 aromatic rings. The molecule has 7 nitrogen and oxygen atoms in total. The summed E-state index contributed by atoms with van der Waals surface area (Å²) in [4.78, 5) is 29.3. The fraction of sp³-hybridized carbons (Fsp3) is 0.368. The van der Waals surface area contributed by atoms with Crippen molar-refractivity contribution in [1.82, 2.24) is 10.0 Å². The molecule has 1 aromatic carbocycles. The van der Waals surface area contributed by atoms with Gasteiger partial charge in [-0.1, -0.05) is 19.9 Å². The van der Waals surface area contributed by atoms with Crippen molar-refractivity contribution < 1.29 is 19.1 Å². The van der Waals surface area contributed by atoms with E-state index in [2.05, 4.69) is 10.8 Å². The first-order valence-electron chi connectivity index (χ1n) is 8.61. The average molecular weight is 379 g/mol. The molecule has 148 valence electrons. The molecule has 0 saturated carbocycles. The number of amides is 1. The van der Waals surface area contributed by atoms with Gasteiger partial charge in [0.1, 0.15) is 5.82 Å². The molecule has 0 atom stereocenters. The Labute approximate surface area is 157 Å². The van der Waals surface area contributed by atoms with Crippen molar-refractivity contribution in [3.05, 3.63) is 57.3 Å². The van der Waals surface area contributed by atoms with Gasteiger partial charge in [0.2, 0.25) is 0 Å². The second-order valence-electron chi connectivity index (χ2n) is 5.57. The highest BCUT2D eigenvalue weighted by atomic mass is 19.1. The lowest BCUT2D eigenvalue weighted by atomic mass is 10.1. The molecule has 0 bridgehead atoms. The summed E-state index contributed by atoms with van der Waals surface area (Å²) in [5.74, 6) is -1.12. The molecule has 0 fully saturated rings. The maximum atomic E-state index is 14.1. The maximum Gasteiger partial charge on any atom is 0.278 e. The van der Waals surface area contributed by atoms with Crippen molar-refractivity contribution in [2.75, 3.05) is 18.5 Å². The number of aromatic nitrogens is 1. The molecule has 3 N–H and O–H groups in total. The van der Waals surface area contributed by atoms with E-state index in [1.165, 1.54) is 29.9 Å². The van der Waals surface area contributed by atoms with E-state index >= 15 is 0 Å². The molecule has 0 aliphatic heterocycles. The summed E-state index contributed by atoms with van der Waals surface area (Å²) >= 11 is 0. The Bertz CT molecular complexity index is 850. The van der Waals surface area contributed by atoms with Gasteiger partial charge in [-0.15, -0.1) is 0 Å². The van der Waals surface area contributed by atoms with Gasteiger partial charge in [-0.2, -0.15) is 0 Å². The van der Waals surface area contributed by atoms with E-state index in [1.807, 2.05) is 13.8 Å². The van der Waals surface area contributed by atoms with Gasteiger partial charge in [-0.05, 0) is 31.5 Å². The van der Waals surface area contributed by atoms with Crippen molar-refractivity contribution in [2.45, 2.75) is 27.7 Å². The van der Waals surface area contributed by atoms with Crippen LogP contribution in [-0.4, -0.2) is 28.8 Å². The van der Waals surface area contributed by atoms with E-state index in [1.54, 1.807) is 19.9 Å². The first-order valence-corrected chi connectivity index (χ1v) is 8.61. The van der Waals surface area contributed by atoms with Gasteiger partial charge >= 0.3 is 0 Å². The molecule has 0 aliphatic rings. The van der Waals surface area contributed by atoms with Crippen LogP contribution in [0.5, 0.6) is 0 Å². The zero-order chi connectivity index (χ0) is 20.6. The number of hydrogen-bond donors (Lipinski definition) is 3. The molecule has 8 heteroatoms. The third-order valence-electron chi connectivity index (χ3n) is 3.60. The lowest BCUT2D eigenvalue weighted by Crippen LogP contribution is -2.29. The van der Waals surface area contributed by atoms with Crippen LogP contribution < -0.4 is 16.4 Å². The van der Waals surface area contributed by atoms with E-state index in [9.17, 15) is 14.0 Å². The smallest absolute Gasteiger partial charge is 0.278 e. The number of anilines is 2. The zero-order valence-electron chi connectivity index (χ0n) is 16.2. The number of hydrogen-bond acceptors (Lipinski definition) is 5. The van der Waals surface area contributed by atoms with Gasteiger partial charge < -0.3 is 15.0 Å². The number of rotatable bonds is 6. The molecular weight excluding hydrogens is 353 g/mol. The molecule has 1 heterocycles. The van der Waals surface area contributed by atoms with Crippen LogP contribution >= 0.6 is 0 Å². The van der Waals surface area contributed by atoms with Gasteiger partial charge in [0.25, 0.3) is 11.5 Å². The molecule has 0 saturated heterocycles. The Kier molecular flexibility index (Phi) is 8.64. The SMILES string of the molecule is CC.Cc1ccc(Nc2c(C(=O)NOCCO)cn(C)c(=O)c2C)c(F)c1. The molecule has 27 heavy (non-hydrogen) atoms. The lowest BCUT2D eigenvalue weighted by molar-refractivity contribution is 0.0168. The van der Waals surface area contributed by atoms with Gasteiger partial charge in [0, 0.05) is 18.8 Å². The van der Waals surface area contributed by atoms with Gasteiger partial charge in [-0.3, -0.25) is 14.4 Å². The van der Waals surface area contributed by atoms with E-state index in [0.717, 1.165) is 5.56 Å². The second-order valence-corrected chi connectivity index (χ2v) is 5.57. The van der Waals surface area contributed by atoms with E-state index in [4.69, 9.17) is 9.94 Å². The molecule has 0 radical (unpaired) electrons. The second kappa shape index (κ2) is 10.4. The van der Waals surface area contributed by atoms with Crippen molar-refractivity contribution in [3.8, 4) is 0 Å². The minimum atomic E-state index is -0.623. The quantitative estimate of drug-likeness (QED) is 0.530. The van der Waals surface area contributed by atoms with Crippen molar-refractivity contribution in [3.63, 3.8) is 0 Å². The van der Waals surface area contributed by atoms with Gasteiger partial charge in [0.05, 0.1) is 30.2 Å². The number of halogens is 1. The number of hydroxylamine groups is 1. The molecule has 1 amide bonds. The van der Waals surface area contributed by atoms with Gasteiger partial charge in [-0.25, -0.2) is 9.87 Å². The number of benzene rings is 1. The van der Waals surface area contributed by atoms with Crippen molar-refractivity contribution in [1.29, 1.82) is 0 Å². The lowest BCUT2D eigenvalue weighted by Gasteiger charge is -2.16. The zero-order valence-corrected chi connectivity index (χ0v) is 16.2. The fourth-order valence-electron chi connectivity index (χ4n) is 2.30. The number of nitrogens with zero attached hydrogens (tertiary/aromatic N) is 1. The Morgan fingerprint density at radius 3 is 2.56 bits per heavy atom. The Morgan fingerprint density at radius 1 is 1.30 bits per heavy atom. The molecule has 0 aliphatic carbocycles. The highest BCUT2D eigenvalue weighted by Gasteiger charge is 2.19. The molecule has 1 aromatic heterocycles. The van der Waals surface area contributed by atoms with E-state index < -0.39 is 11.7 Å². The van der Waals surface area contributed by atoms with Crippen LogP contribution in [0.15, 0.2) is 29.2 Å². The highest BCUT2D eigenvalue weighted by molar-refractivity contribution is 6.00. The number of nitrogens with one attached hydrogen (secondary N) is 2. The van der Waals surface area contributed by atoms with Crippen LogP contribution in [0.1, 0.15) is 35.3 Å². The minimum absolute atomic E-state index is 0.0775. The molecule has 2 rings (SSSR count). The number of aliphatic hydroxyl groups is 1. The maximum absolute atomic E-state index is 14.1. The number of aliphatic hydroxyl groups excluding tert-OH is 1. The predicted molar refractivity (Wildman–Crippen MR) is 103 cm³/mol. The topological polar surface area (TPSA) is 92.6 Å². The summed E-state index contributed by atoms with van der Waals surface area (Å²) in [5, 5.41) is 11.5. The summed E-state index contributed by atoms with van der Waals surface area (Å²) in [7, 11) is 1.51. The first kappa shape index (κ1) is 22.3. The standard InChI is InChI=1S/C17H20FN3O4.C2H6/c1-10-4-5-14(13(18)8-10)19-15-11(2)17(24)21(3)9-12(15)16(23)20-25-7-6-22;1-2/h4-5,8-9,19,22H,6-7H2,1-3H3,(H,20,23);1-2H3. The fourth-order valence-corrected chi connectivity index (χ4v) is 2.30. The highest BCUT2D eigenvalue weighted by Crippen LogP contribution is 2.25. The van der Waals surface area contributed by atoms with E-state index in [-0.39, 0.29) is 41.3 Å². The monoisotopic (exact) mass is 379 g/mol. The van der Waals surface area contributed by atoms with Crippen LogP contribution in [0.25, 0.3) is 0 Å². The third kappa shape index (κ3) is 5.63. The predicted octanol–water partition coefficient (Wildman–Crippen LogP) is 2.56. The summed E-state index contributed by atoms with van der Waals surface area (Å²) in [6.07, 6.45) is 1.33. The van der Waals surface area contributed by atoms with Crippen molar-refractivity contribution >= 4 is 17.3 Å². The van der Waals surface area contributed by atoms with Gasteiger partial charge in [0.15, 0.2) is 0 Å². The molecule has 0 spiro atoms. The molecule has 0 unspecified atom stereocenters. The van der Waals surface area contributed by atoms with Crippen molar-refractivity contribution in [2.24, 2.45) is 7.05 Å².